The summed E-state index contributed by atoms with van der Waals surface area (Å²) < 4.78 is 17.0. The molecule has 0 unspecified atom stereocenters. The van der Waals surface area contributed by atoms with Crippen LogP contribution in [0.3, 0.4) is 0 Å². The lowest BCUT2D eigenvalue weighted by Gasteiger charge is -2.11. The first kappa shape index (κ1) is 23.6. The van der Waals surface area contributed by atoms with E-state index in [4.69, 9.17) is 19.0 Å². The highest BCUT2D eigenvalue weighted by Crippen LogP contribution is 2.29. The number of carboxylic acids is 1. The molecule has 0 aliphatic carbocycles. The van der Waals surface area contributed by atoms with Gasteiger partial charge in [-0.1, -0.05) is 42.5 Å². The van der Waals surface area contributed by atoms with E-state index in [1.54, 1.807) is 36.4 Å². The number of benzene rings is 4. The lowest BCUT2D eigenvalue weighted by Crippen LogP contribution is -2.16. The van der Waals surface area contributed by atoms with Gasteiger partial charge in [-0.2, -0.15) is 5.10 Å². The van der Waals surface area contributed by atoms with E-state index in [-0.39, 0.29) is 17.9 Å². The Bertz CT molecular complexity index is 1640. The second-order valence-electron chi connectivity index (χ2n) is 8.21. The molecule has 1 heterocycles. The van der Waals surface area contributed by atoms with E-state index in [1.807, 2.05) is 36.4 Å². The number of hydrogen-bond donors (Lipinski definition) is 2. The minimum absolute atomic E-state index is 0.168. The van der Waals surface area contributed by atoms with Gasteiger partial charge in [0.2, 0.25) is 0 Å². The van der Waals surface area contributed by atoms with E-state index in [0.29, 0.717) is 22.6 Å². The maximum absolute atomic E-state index is 12.6. The Balaban J connectivity index is 1.24. The quantitative estimate of drug-likeness (QED) is 0.214. The summed E-state index contributed by atoms with van der Waals surface area (Å²) in [6, 6.07) is 25.1. The molecule has 8 heteroatoms. The molecule has 0 aliphatic rings. The fourth-order valence-electron chi connectivity index (χ4n) is 3.91. The monoisotopic (exact) mass is 494 g/mol. The number of nitrogens with zero attached hydrogens (tertiary/aromatic N) is 1. The van der Waals surface area contributed by atoms with E-state index >= 15 is 0 Å². The number of amides is 1. The van der Waals surface area contributed by atoms with Crippen LogP contribution in [0, 0.1) is 0 Å². The van der Waals surface area contributed by atoms with Gasteiger partial charge in [0.25, 0.3) is 0 Å². The average Bonchev–Trinajstić information content (AvgIpc) is 3.37. The first-order valence-corrected chi connectivity index (χ1v) is 11.4. The van der Waals surface area contributed by atoms with Crippen LogP contribution in [0.5, 0.6) is 11.5 Å². The second-order valence-corrected chi connectivity index (χ2v) is 8.21. The summed E-state index contributed by atoms with van der Waals surface area (Å²) in [5.41, 5.74) is 4.84. The van der Waals surface area contributed by atoms with Gasteiger partial charge in [0.15, 0.2) is 17.3 Å². The molecule has 4 aromatic carbocycles. The Morgan fingerprint density at radius 2 is 1.76 bits per heavy atom. The summed E-state index contributed by atoms with van der Waals surface area (Å²) in [6.07, 6.45) is 1.49. The molecule has 5 rings (SSSR count). The Kier molecular flexibility index (Phi) is 6.54. The number of fused-ring (bicyclic) bond motifs is 3. The van der Waals surface area contributed by atoms with Crippen LogP contribution in [0.2, 0.25) is 0 Å². The van der Waals surface area contributed by atoms with E-state index in [0.717, 1.165) is 21.7 Å². The molecule has 2 N–H and O–H groups in total. The summed E-state index contributed by atoms with van der Waals surface area (Å²) in [6.45, 7) is 0.243. The Hall–Kier alpha value is -5.11. The van der Waals surface area contributed by atoms with Crippen molar-refractivity contribution in [3.63, 3.8) is 0 Å². The van der Waals surface area contributed by atoms with Crippen molar-refractivity contribution in [2.45, 2.75) is 6.61 Å². The maximum Gasteiger partial charge on any atom is 0.335 e. The van der Waals surface area contributed by atoms with Gasteiger partial charge in [0, 0.05) is 5.39 Å². The first-order valence-electron chi connectivity index (χ1n) is 11.4. The predicted molar refractivity (Wildman–Crippen MR) is 140 cm³/mol. The number of carbonyl (C=O) groups excluding carboxylic acids is 1. The first-order chi connectivity index (χ1) is 18.0. The van der Waals surface area contributed by atoms with E-state index in [1.165, 1.54) is 25.5 Å². The second kappa shape index (κ2) is 10.2. The Morgan fingerprint density at radius 1 is 0.946 bits per heavy atom. The number of rotatable bonds is 8. The standard InChI is InChI=1S/C29H22N2O6/c1-35-26-14-19(8-12-25(26)36-17-18-6-9-21(10-7-18)29(33)34)16-30-31-28(32)27-15-23-22-5-3-2-4-20(22)11-13-24(23)37-27/h2-16H,17H2,1H3,(H,31,32)(H,33,34). The average molecular weight is 495 g/mol. The molecule has 184 valence electrons. The number of methoxy groups -OCH3 is 1. The van der Waals surface area contributed by atoms with Gasteiger partial charge in [-0.15, -0.1) is 0 Å². The van der Waals surface area contributed by atoms with Gasteiger partial charge < -0.3 is 19.0 Å². The summed E-state index contributed by atoms with van der Waals surface area (Å²) >= 11 is 0. The summed E-state index contributed by atoms with van der Waals surface area (Å²) in [7, 11) is 1.53. The molecule has 0 saturated heterocycles. The smallest absolute Gasteiger partial charge is 0.335 e. The van der Waals surface area contributed by atoms with E-state index in [2.05, 4.69) is 10.5 Å². The molecule has 0 saturated carbocycles. The minimum Gasteiger partial charge on any atom is -0.493 e. The van der Waals surface area contributed by atoms with Crippen molar-refractivity contribution in [3.8, 4) is 11.5 Å². The summed E-state index contributed by atoms with van der Waals surface area (Å²) in [5.74, 6) is -0.269. The molecule has 0 spiro atoms. The van der Waals surface area contributed by atoms with E-state index in [9.17, 15) is 9.59 Å². The van der Waals surface area contributed by atoms with Crippen LogP contribution in [-0.2, 0) is 6.61 Å². The number of ether oxygens (including phenoxy) is 2. The van der Waals surface area contributed by atoms with Crippen LogP contribution in [0.1, 0.15) is 32.0 Å². The lowest BCUT2D eigenvalue weighted by atomic mass is 10.1. The number of furan rings is 1. The third-order valence-electron chi connectivity index (χ3n) is 5.81. The van der Waals surface area contributed by atoms with Gasteiger partial charge in [-0.3, -0.25) is 4.79 Å². The normalized spacial score (nSPS) is 11.2. The number of hydrogen-bond acceptors (Lipinski definition) is 6. The van der Waals surface area contributed by atoms with Crippen LogP contribution < -0.4 is 14.9 Å². The molecular weight excluding hydrogens is 472 g/mol. The number of carboxylic acid groups (broad SMARTS) is 1. The fraction of sp³-hybridized carbons (Fsp3) is 0.0690. The zero-order chi connectivity index (χ0) is 25.8. The van der Waals surface area contributed by atoms with Crippen molar-refractivity contribution >= 4 is 39.8 Å². The summed E-state index contributed by atoms with van der Waals surface area (Å²) in [5, 5.41) is 16.0. The Labute approximate surface area is 211 Å². The third kappa shape index (κ3) is 5.13. The lowest BCUT2D eigenvalue weighted by molar-refractivity contribution is 0.0696. The summed E-state index contributed by atoms with van der Waals surface area (Å²) in [4.78, 5) is 23.6. The van der Waals surface area contributed by atoms with Crippen molar-refractivity contribution in [1.82, 2.24) is 5.43 Å². The zero-order valence-corrected chi connectivity index (χ0v) is 19.8. The molecule has 1 amide bonds. The number of aromatic carboxylic acids is 1. The van der Waals surface area contributed by atoms with Crippen molar-refractivity contribution in [3.05, 3.63) is 107 Å². The largest absolute Gasteiger partial charge is 0.493 e. The highest BCUT2D eigenvalue weighted by molar-refractivity contribution is 6.08. The molecule has 8 nitrogen and oxygen atoms in total. The van der Waals surface area contributed by atoms with Crippen LogP contribution >= 0.6 is 0 Å². The van der Waals surface area contributed by atoms with Gasteiger partial charge >= 0.3 is 11.9 Å². The molecular formula is C29H22N2O6. The Morgan fingerprint density at radius 3 is 2.54 bits per heavy atom. The molecule has 0 radical (unpaired) electrons. The number of hydrazone groups is 1. The molecule has 0 bridgehead atoms. The van der Waals surface area contributed by atoms with Crippen molar-refractivity contribution in [2.24, 2.45) is 5.10 Å². The van der Waals surface area contributed by atoms with Gasteiger partial charge in [0.1, 0.15) is 12.2 Å². The van der Waals surface area contributed by atoms with E-state index < -0.39 is 11.9 Å². The molecule has 1 aromatic heterocycles. The molecule has 5 aromatic rings. The SMILES string of the molecule is COc1cc(C=NNC(=O)c2cc3c(ccc4ccccc43)o2)ccc1OCc1ccc(C(=O)O)cc1. The van der Waals surface area contributed by atoms with Crippen LogP contribution in [0.4, 0.5) is 0 Å². The highest BCUT2D eigenvalue weighted by Gasteiger charge is 2.13. The van der Waals surface area contributed by atoms with Crippen LogP contribution in [-0.4, -0.2) is 30.3 Å². The highest BCUT2D eigenvalue weighted by atomic mass is 16.5. The minimum atomic E-state index is -0.978. The van der Waals surface area contributed by atoms with Crippen molar-refractivity contribution in [1.29, 1.82) is 0 Å². The van der Waals surface area contributed by atoms with Crippen LogP contribution in [0.15, 0.2) is 94.4 Å². The zero-order valence-electron chi connectivity index (χ0n) is 19.8. The molecule has 0 fully saturated rings. The van der Waals surface area contributed by atoms with Crippen molar-refractivity contribution in [2.75, 3.05) is 7.11 Å². The van der Waals surface area contributed by atoms with Gasteiger partial charge in [0.05, 0.1) is 18.9 Å². The topological polar surface area (TPSA) is 110 Å². The predicted octanol–water partition coefficient (Wildman–Crippen LogP) is 5.64. The molecule has 0 aliphatic heterocycles. The number of carbonyl (C=O) groups is 2. The molecule has 37 heavy (non-hydrogen) atoms. The fourth-order valence-corrected chi connectivity index (χ4v) is 3.91. The molecule has 0 atom stereocenters. The third-order valence-corrected chi connectivity index (χ3v) is 5.81. The maximum atomic E-state index is 12.6. The van der Waals surface area contributed by atoms with Crippen molar-refractivity contribution < 1.29 is 28.6 Å². The van der Waals surface area contributed by atoms with Gasteiger partial charge in [-0.05, 0) is 64.4 Å². The number of nitrogens with one attached hydrogen (secondary N) is 1. The van der Waals surface area contributed by atoms with Gasteiger partial charge in [-0.25, -0.2) is 10.2 Å². The van der Waals surface area contributed by atoms with Crippen LogP contribution in [0.25, 0.3) is 21.7 Å².